The molecule has 1 fully saturated rings. The Labute approximate surface area is 201 Å². The normalized spacial score (nSPS) is 23.1. The number of aliphatic hydroxyl groups excluding tert-OH is 1. The van der Waals surface area contributed by atoms with Crippen LogP contribution in [0.5, 0.6) is 5.75 Å². The number of likely N-dealkylation sites (tertiary alicyclic amines) is 1. The second kappa shape index (κ2) is 11.0. The molecule has 0 radical (unpaired) electrons. The Kier molecular flexibility index (Phi) is 8.08. The highest BCUT2D eigenvalue weighted by Gasteiger charge is 2.42. The van der Waals surface area contributed by atoms with Gasteiger partial charge in [0.15, 0.2) is 4.90 Å². The standard InChI is InChI=1S/C25H29F3N2O3S/c26-25(27,28)33-19-12-14-20(15-13-19)34(32)29-16-6-5-7-18(17-31)30-23-10-3-1-8-21(23)22-9-2-4-11-24(22)30/h1,3,8-15,18,21,23,29,31H,2,4-7,16-17H2/t18-,21?,23?,34?/m1/s1. The molecule has 4 rings (SSSR count). The fourth-order valence-electron chi connectivity index (χ4n) is 4.83. The first-order valence-corrected chi connectivity index (χ1v) is 12.7. The Morgan fingerprint density at radius 3 is 2.59 bits per heavy atom. The molecular weight excluding hydrogens is 465 g/mol. The number of aliphatic hydroxyl groups is 1. The summed E-state index contributed by atoms with van der Waals surface area (Å²) in [5.41, 5.74) is 2.60. The smallest absolute Gasteiger partial charge is 0.573 e. The lowest BCUT2D eigenvalue weighted by Crippen LogP contribution is -2.41. The van der Waals surface area contributed by atoms with Crippen LogP contribution in [0.15, 0.2) is 76.9 Å². The summed E-state index contributed by atoms with van der Waals surface area (Å²) in [6.45, 7) is 0.561. The van der Waals surface area contributed by atoms with Gasteiger partial charge in [-0.1, -0.05) is 36.5 Å². The van der Waals surface area contributed by atoms with Crippen LogP contribution in [0, 0.1) is 5.92 Å². The Morgan fingerprint density at radius 1 is 1.12 bits per heavy atom. The third-order valence-electron chi connectivity index (χ3n) is 6.30. The van der Waals surface area contributed by atoms with E-state index in [0.717, 1.165) is 44.2 Å². The van der Waals surface area contributed by atoms with Crippen LogP contribution in [0.1, 0.15) is 32.1 Å². The van der Waals surface area contributed by atoms with Gasteiger partial charge in [-0.3, -0.25) is 0 Å². The van der Waals surface area contributed by atoms with E-state index in [1.807, 2.05) is 0 Å². The highest BCUT2D eigenvalue weighted by molar-refractivity contribution is 7.89. The number of unbranched alkanes of at least 4 members (excludes halogenated alkanes) is 1. The number of fused-ring (bicyclic) bond motifs is 3. The van der Waals surface area contributed by atoms with E-state index in [1.54, 1.807) is 0 Å². The van der Waals surface area contributed by atoms with Crippen LogP contribution in [0.2, 0.25) is 0 Å². The molecule has 1 saturated heterocycles. The zero-order chi connectivity index (χ0) is 24.1. The van der Waals surface area contributed by atoms with E-state index in [2.05, 4.69) is 50.8 Å². The third kappa shape index (κ3) is 5.89. The van der Waals surface area contributed by atoms with Gasteiger partial charge in [-0.2, -0.15) is 0 Å². The molecule has 5 nitrogen and oxygen atoms in total. The first kappa shape index (κ1) is 24.9. The number of ether oxygens (including phenoxy) is 1. The van der Waals surface area contributed by atoms with Gasteiger partial charge in [-0.05, 0) is 61.9 Å². The van der Waals surface area contributed by atoms with Gasteiger partial charge in [0.1, 0.15) is 5.75 Å². The zero-order valence-corrected chi connectivity index (χ0v) is 19.5. The molecule has 1 heterocycles. The molecule has 0 bridgehead atoms. The minimum Gasteiger partial charge on any atom is -0.593 e. The number of hydrogen-bond donors (Lipinski definition) is 2. The summed E-state index contributed by atoms with van der Waals surface area (Å²) in [7, 11) is 0. The number of hydrogen-bond acceptors (Lipinski definition) is 5. The van der Waals surface area contributed by atoms with E-state index in [0.29, 0.717) is 17.4 Å². The van der Waals surface area contributed by atoms with Crippen molar-refractivity contribution in [3.05, 3.63) is 72.0 Å². The molecule has 184 valence electrons. The minimum absolute atomic E-state index is 0.00516. The van der Waals surface area contributed by atoms with Gasteiger partial charge in [0, 0.05) is 18.2 Å². The van der Waals surface area contributed by atoms with Crippen molar-refractivity contribution >= 4 is 11.4 Å². The monoisotopic (exact) mass is 494 g/mol. The molecule has 4 atom stereocenters. The number of halogens is 3. The van der Waals surface area contributed by atoms with Crippen molar-refractivity contribution < 1.29 is 27.6 Å². The molecule has 0 amide bonds. The molecule has 1 aromatic carbocycles. The quantitative estimate of drug-likeness (QED) is 0.363. The van der Waals surface area contributed by atoms with Crippen LogP contribution >= 0.6 is 0 Å². The summed E-state index contributed by atoms with van der Waals surface area (Å²) in [4.78, 5) is 2.75. The molecule has 0 saturated carbocycles. The number of benzene rings is 1. The van der Waals surface area contributed by atoms with Crippen LogP contribution in [0.4, 0.5) is 13.2 Å². The molecule has 0 spiro atoms. The molecule has 2 N–H and O–H groups in total. The number of allylic oxidation sites excluding steroid dienone is 5. The van der Waals surface area contributed by atoms with E-state index in [4.69, 9.17) is 0 Å². The van der Waals surface area contributed by atoms with Crippen molar-refractivity contribution in [3.63, 3.8) is 0 Å². The van der Waals surface area contributed by atoms with Gasteiger partial charge in [0.25, 0.3) is 0 Å². The largest absolute Gasteiger partial charge is 0.593 e. The molecule has 0 aromatic heterocycles. The summed E-state index contributed by atoms with van der Waals surface area (Å²) in [5, 5.41) is 10.2. The van der Waals surface area contributed by atoms with Crippen molar-refractivity contribution in [1.82, 2.24) is 9.62 Å². The van der Waals surface area contributed by atoms with Gasteiger partial charge in [-0.25, -0.2) is 0 Å². The number of rotatable bonds is 10. The van der Waals surface area contributed by atoms with Crippen molar-refractivity contribution in [3.8, 4) is 5.75 Å². The van der Waals surface area contributed by atoms with Gasteiger partial charge < -0.3 is 19.3 Å². The number of alkyl halides is 3. The second-order valence-electron chi connectivity index (χ2n) is 8.53. The summed E-state index contributed by atoms with van der Waals surface area (Å²) in [6.07, 6.45) is 12.9. The Bertz CT molecular complexity index is 959. The van der Waals surface area contributed by atoms with E-state index in [-0.39, 0.29) is 24.4 Å². The van der Waals surface area contributed by atoms with E-state index in [9.17, 15) is 22.8 Å². The molecule has 1 aromatic rings. The average molecular weight is 495 g/mol. The second-order valence-corrected chi connectivity index (χ2v) is 9.83. The number of nitrogens with zero attached hydrogens (tertiary/aromatic N) is 1. The fourth-order valence-corrected chi connectivity index (χ4v) is 5.71. The van der Waals surface area contributed by atoms with Crippen molar-refractivity contribution in [1.29, 1.82) is 0 Å². The molecule has 3 aliphatic rings. The summed E-state index contributed by atoms with van der Waals surface area (Å²) in [6, 6.07) is 5.23. The van der Waals surface area contributed by atoms with Crippen molar-refractivity contribution in [2.45, 2.75) is 55.4 Å². The van der Waals surface area contributed by atoms with Crippen LogP contribution in [0.25, 0.3) is 0 Å². The highest BCUT2D eigenvalue weighted by Crippen LogP contribution is 2.44. The van der Waals surface area contributed by atoms with Crippen molar-refractivity contribution in [2.75, 3.05) is 13.2 Å². The topological polar surface area (TPSA) is 67.8 Å². The van der Waals surface area contributed by atoms with Crippen LogP contribution in [-0.2, 0) is 11.4 Å². The molecular formula is C25H29F3N2O3S. The Balaban J connectivity index is 1.25. The summed E-state index contributed by atoms with van der Waals surface area (Å²) < 4.78 is 55.9. The lowest BCUT2D eigenvalue weighted by molar-refractivity contribution is -0.274. The molecule has 9 heteroatoms. The molecule has 3 unspecified atom stereocenters. The van der Waals surface area contributed by atoms with E-state index >= 15 is 0 Å². The zero-order valence-electron chi connectivity index (χ0n) is 18.7. The lowest BCUT2D eigenvalue weighted by Gasteiger charge is -2.35. The molecule has 1 aliphatic heterocycles. The van der Waals surface area contributed by atoms with Crippen LogP contribution < -0.4 is 9.46 Å². The molecule has 2 aliphatic carbocycles. The van der Waals surface area contributed by atoms with E-state index in [1.165, 1.54) is 23.4 Å². The Hall–Kier alpha value is -2.20. The summed E-state index contributed by atoms with van der Waals surface area (Å²) >= 11 is -1.52. The number of nitrogens with one attached hydrogen (secondary N) is 1. The van der Waals surface area contributed by atoms with Gasteiger partial charge in [-0.15, -0.1) is 17.9 Å². The van der Waals surface area contributed by atoms with Gasteiger partial charge >= 0.3 is 6.36 Å². The van der Waals surface area contributed by atoms with Crippen LogP contribution in [-0.4, -0.2) is 46.2 Å². The maximum atomic E-state index is 12.4. The van der Waals surface area contributed by atoms with Crippen LogP contribution in [0.3, 0.4) is 0 Å². The molecule has 34 heavy (non-hydrogen) atoms. The maximum Gasteiger partial charge on any atom is 0.573 e. The fraction of sp³-hybridized carbons (Fsp3) is 0.440. The SMILES string of the molecule is [O-][S+](NCCCC[C@H](CO)N1C2=CCCC=C2C2C=CC=CC21)c1ccc(OC(F)(F)F)cc1. The predicted octanol–water partition coefficient (Wildman–Crippen LogP) is 4.76. The Morgan fingerprint density at radius 2 is 1.85 bits per heavy atom. The van der Waals surface area contributed by atoms with E-state index < -0.39 is 17.7 Å². The predicted molar refractivity (Wildman–Crippen MR) is 125 cm³/mol. The van der Waals surface area contributed by atoms with Gasteiger partial charge in [0.05, 0.1) is 30.1 Å². The van der Waals surface area contributed by atoms with Crippen molar-refractivity contribution in [2.24, 2.45) is 5.92 Å². The average Bonchev–Trinajstić information content (AvgIpc) is 3.15. The lowest BCUT2D eigenvalue weighted by atomic mass is 9.89. The maximum absolute atomic E-state index is 12.4. The first-order chi connectivity index (χ1) is 16.4. The first-order valence-electron chi connectivity index (χ1n) is 11.5. The summed E-state index contributed by atoms with van der Waals surface area (Å²) in [5.74, 6) is -0.00978. The highest BCUT2D eigenvalue weighted by atomic mass is 32.2. The third-order valence-corrected chi connectivity index (χ3v) is 7.47. The van der Waals surface area contributed by atoms with Gasteiger partial charge in [0.2, 0.25) is 0 Å². The minimum atomic E-state index is -4.75.